The van der Waals surface area contributed by atoms with Crippen molar-refractivity contribution in [2.45, 2.75) is 38.6 Å². The van der Waals surface area contributed by atoms with Crippen molar-refractivity contribution in [3.8, 4) is 5.75 Å². The molecule has 3 aliphatic rings. The molecule has 1 aromatic heterocycles. The number of benzene rings is 1. The number of fused-ring (bicyclic) bond motifs is 2. The Bertz CT molecular complexity index is 1160. The number of amides is 2. The number of halogens is 1. The van der Waals surface area contributed by atoms with Gasteiger partial charge in [-0.15, -0.1) is 0 Å². The van der Waals surface area contributed by atoms with Gasteiger partial charge in [0, 0.05) is 24.3 Å². The molecule has 0 radical (unpaired) electrons. The van der Waals surface area contributed by atoms with E-state index in [0.717, 1.165) is 0 Å². The predicted octanol–water partition coefficient (Wildman–Crippen LogP) is 1.23. The van der Waals surface area contributed by atoms with Crippen LogP contribution in [0.1, 0.15) is 50.1 Å². The van der Waals surface area contributed by atoms with E-state index in [1.54, 1.807) is 29.7 Å². The van der Waals surface area contributed by atoms with Gasteiger partial charge in [-0.05, 0) is 25.3 Å². The molecule has 2 N–H and O–H groups in total. The fourth-order valence-electron chi connectivity index (χ4n) is 4.73. The highest BCUT2D eigenvalue weighted by Gasteiger charge is 2.49. The molecule has 9 heteroatoms. The Labute approximate surface area is 170 Å². The van der Waals surface area contributed by atoms with E-state index in [1.807, 2.05) is 0 Å². The van der Waals surface area contributed by atoms with Crippen LogP contribution in [0.5, 0.6) is 5.75 Å². The number of ether oxygens (including phenoxy) is 1. The van der Waals surface area contributed by atoms with Gasteiger partial charge in [0.15, 0.2) is 17.7 Å². The summed E-state index contributed by atoms with van der Waals surface area (Å²) < 4.78 is 21.5. The molecule has 0 aliphatic carbocycles. The van der Waals surface area contributed by atoms with Crippen molar-refractivity contribution >= 4 is 11.8 Å². The second-order valence-electron chi connectivity index (χ2n) is 7.81. The summed E-state index contributed by atoms with van der Waals surface area (Å²) in [7, 11) is 0. The molecule has 4 heterocycles. The number of aromatic nitrogens is 1. The molecule has 1 saturated heterocycles. The molecule has 2 unspecified atom stereocenters. The average molecular weight is 413 g/mol. The van der Waals surface area contributed by atoms with Crippen LogP contribution in [0.2, 0.25) is 0 Å². The summed E-state index contributed by atoms with van der Waals surface area (Å²) in [5.41, 5.74) is -0.0134. The summed E-state index contributed by atoms with van der Waals surface area (Å²) >= 11 is 0. The Hall–Kier alpha value is -3.20. The van der Waals surface area contributed by atoms with Gasteiger partial charge in [0.1, 0.15) is 11.4 Å². The third-order valence-electron chi connectivity index (χ3n) is 6.15. The van der Waals surface area contributed by atoms with Crippen LogP contribution in [-0.4, -0.2) is 45.8 Å². The molecule has 2 atom stereocenters. The van der Waals surface area contributed by atoms with E-state index in [1.165, 1.54) is 4.90 Å². The summed E-state index contributed by atoms with van der Waals surface area (Å²) in [6.07, 6.45) is 0.512. The molecule has 156 valence electrons. The van der Waals surface area contributed by atoms with Crippen molar-refractivity contribution in [3.05, 3.63) is 62.3 Å². The lowest BCUT2D eigenvalue weighted by atomic mass is 10.1. The van der Waals surface area contributed by atoms with Gasteiger partial charge in [-0.2, -0.15) is 0 Å². The Balaban J connectivity index is 1.54. The number of nitrogens with one attached hydrogen (secondary N) is 1. The maximum atomic E-state index is 14.2. The van der Waals surface area contributed by atoms with Gasteiger partial charge in [-0.25, -0.2) is 4.39 Å². The topological polar surface area (TPSA) is 101 Å². The monoisotopic (exact) mass is 413 g/mol. The van der Waals surface area contributed by atoms with Crippen molar-refractivity contribution in [1.29, 1.82) is 0 Å². The van der Waals surface area contributed by atoms with Crippen LogP contribution in [0, 0.1) is 12.7 Å². The van der Waals surface area contributed by atoms with E-state index >= 15 is 0 Å². The molecule has 30 heavy (non-hydrogen) atoms. The first-order chi connectivity index (χ1) is 14.4. The van der Waals surface area contributed by atoms with Gasteiger partial charge < -0.3 is 24.6 Å². The Morgan fingerprint density at radius 2 is 2.17 bits per heavy atom. The summed E-state index contributed by atoms with van der Waals surface area (Å²) in [4.78, 5) is 40.1. The Morgan fingerprint density at radius 3 is 2.97 bits per heavy atom. The standard InChI is InChI=1S/C21H20FN3O5/c1-10-3-2-4-11(15(10)22)9-23-19(28)14-12-5-6-13-21-24(7-8-30-21)20(29)16(25(12)13)18(27)17(14)26/h2-4,13,21,27H,5-9H2,1H3,(H,23,28). The fourth-order valence-corrected chi connectivity index (χ4v) is 4.73. The van der Waals surface area contributed by atoms with Crippen molar-refractivity contribution in [2.24, 2.45) is 0 Å². The first-order valence-corrected chi connectivity index (χ1v) is 9.85. The molecule has 1 aromatic carbocycles. The average Bonchev–Trinajstić information content (AvgIpc) is 3.37. The zero-order valence-electron chi connectivity index (χ0n) is 16.3. The molecule has 0 bridgehead atoms. The first-order valence-electron chi connectivity index (χ1n) is 9.85. The summed E-state index contributed by atoms with van der Waals surface area (Å²) in [6, 6.07) is 4.60. The normalized spacial score (nSPS) is 21.5. The highest BCUT2D eigenvalue weighted by molar-refractivity contribution is 6.00. The van der Waals surface area contributed by atoms with E-state index in [9.17, 15) is 23.9 Å². The minimum Gasteiger partial charge on any atom is -0.503 e. The van der Waals surface area contributed by atoms with Crippen LogP contribution >= 0.6 is 0 Å². The van der Waals surface area contributed by atoms with Crippen molar-refractivity contribution in [2.75, 3.05) is 13.2 Å². The molecule has 5 rings (SSSR count). The lowest BCUT2D eigenvalue weighted by Crippen LogP contribution is -2.48. The van der Waals surface area contributed by atoms with E-state index in [-0.39, 0.29) is 23.8 Å². The lowest BCUT2D eigenvalue weighted by molar-refractivity contribution is -0.0124. The number of rotatable bonds is 3. The molecule has 0 saturated carbocycles. The lowest BCUT2D eigenvalue weighted by Gasteiger charge is -2.36. The van der Waals surface area contributed by atoms with E-state index < -0.39 is 35.0 Å². The zero-order chi connectivity index (χ0) is 21.2. The van der Waals surface area contributed by atoms with Crippen LogP contribution in [0.15, 0.2) is 23.0 Å². The Kier molecular flexibility index (Phi) is 4.18. The smallest absolute Gasteiger partial charge is 0.276 e. The number of aromatic hydroxyl groups is 1. The minimum atomic E-state index is -0.883. The Morgan fingerprint density at radius 1 is 1.37 bits per heavy atom. The summed E-state index contributed by atoms with van der Waals surface area (Å²) in [5.74, 6) is -2.32. The maximum absolute atomic E-state index is 14.2. The fraction of sp³-hybridized carbons (Fsp3) is 0.381. The van der Waals surface area contributed by atoms with Crippen LogP contribution < -0.4 is 10.7 Å². The minimum absolute atomic E-state index is 0.0828. The highest BCUT2D eigenvalue weighted by atomic mass is 19.1. The number of carbonyl (C=O) groups excluding carboxylic acids is 2. The van der Waals surface area contributed by atoms with Gasteiger partial charge in [0.2, 0.25) is 5.43 Å². The first kappa shape index (κ1) is 18.8. The third kappa shape index (κ3) is 2.51. The number of aryl methyl sites for hydroxylation is 1. The second kappa shape index (κ2) is 6.66. The van der Waals surface area contributed by atoms with Crippen molar-refractivity contribution in [3.63, 3.8) is 0 Å². The van der Waals surface area contributed by atoms with Gasteiger partial charge in [0.25, 0.3) is 11.8 Å². The van der Waals surface area contributed by atoms with E-state index in [4.69, 9.17) is 4.74 Å². The van der Waals surface area contributed by atoms with Crippen molar-refractivity contribution < 1.29 is 23.8 Å². The molecular weight excluding hydrogens is 393 g/mol. The van der Waals surface area contributed by atoms with Crippen LogP contribution in [0.4, 0.5) is 4.39 Å². The number of hydrogen-bond acceptors (Lipinski definition) is 5. The molecule has 0 spiro atoms. The number of carbonyl (C=O) groups is 2. The highest BCUT2D eigenvalue weighted by Crippen LogP contribution is 2.41. The zero-order valence-corrected chi connectivity index (χ0v) is 16.3. The third-order valence-corrected chi connectivity index (χ3v) is 6.15. The number of nitrogens with zero attached hydrogens (tertiary/aromatic N) is 2. The molecular formula is C21H20FN3O5. The molecule has 8 nitrogen and oxygen atoms in total. The summed E-state index contributed by atoms with van der Waals surface area (Å²) in [5, 5.41) is 13.1. The van der Waals surface area contributed by atoms with E-state index in [0.29, 0.717) is 42.8 Å². The van der Waals surface area contributed by atoms with Crippen LogP contribution in [0.3, 0.4) is 0 Å². The second-order valence-corrected chi connectivity index (χ2v) is 7.81. The SMILES string of the molecule is Cc1cccc(CNC(=O)c2c3n4c(c(O)c2=O)C(=O)N2CCOC2C4CC3)c1F. The molecule has 3 aliphatic heterocycles. The van der Waals surface area contributed by atoms with Crippen LogP contribution in [0.25, 0.3) is 0 Å². The number of pyridine rings is 1. The van der Waals surface area contributed by atoms with Gasteiger partial charge in [0.05, 0.1) is 12.6 Å². The summed E-state index contributed by atoms with van der Waals surface area (Å²) in [6.45, 7) is 2.31. The van der Waals surface area contributed by atoms with Gasteiger partial charge >= 0.3 is 0 Å². The van der Waals surface area contributed by atoms with Crippen molar-refractivity contribution in [1.82, 2.24) is 14.8 Å². The molecule has 2 aromatic rings. The van der Waals surface area contributed by atoms with E-state index in [2.05, 4.69) is 5.32 Å². The predicted molar refractivity (Wildman–Crippen MR) is 103 cm³/mol. The molecule has 2 amide bonds. The van der Waals surface area contributed by atoms with Gasteiger partial charge in [-0.3, -0.25) is 14.4 Å². The quantitative estimate of drug-likeness (QED) is 0.788. The largest absolute Gasteiger partial charge is 0.503 e. The van der Waals surface area contributed by atoms with Gasteiger partial charge in [-0.1, -0.05) is 18.2 Å². The molecule has 1 fully saturated rings. The maximum Gasteiger partial charge on any atom is 0.276 e. The number of hydrogen-bond donors (Lipinski definition) is 2. The van der Waals surface area contributed by atoms with Crippen LogP contribution in [-0.2, 0) is 17.7 Å².